The number of amides is 2. The topological polar surface area (TPSA) is 114 Å². The van der Waals surface area contributed by atoms with E-state index in [1.807, 2.05) is 12.1 Å². The summed E-state index contributed by atoms with van der Waals surface area (Å²) in [4.78, 5) is 28.4. The Kier molecular flexibility index (Phi) is 8.65. The van der Waals surface area contributed by atoms with E-state index in [2.05, 4.69) is 5.32 Å². The molecule has 1 heterocycles. The Bertz CT molecular complexity index is 1240. The highest BCUT2D eigenvalue weighted by atomic mass is 32.2. The van der Waals surface area contributed by atoms with Gasteiger partial charge in [0, 0.05) is 18.7 Å². The molecule has 1 saturated carbocycles. The molecule has 0 bridgehead atoms. The third-order valence-corrected chi connectivity index (χ3v) is 8.09. The fourth-order valence-corrected chi connectivity index (χ4v) is 5.57. The number of hydrogen-bond acceptors (Lipinski definition) is 7. The summed E-state index contributed by atoms with van der Waals surface area (Å²) in [5, 5.41) is 3.09. The van der Waals surface area contributed by atoms with Gasteiger partial charge in [0.25, 0.3) is 0 Å². The van der Waals surface area contributed by atoms with Crippen LogP contribution in [0.15, 0.2) is 42.5 Å². The zero-order valence-electron chi connectivity index (χ0n) is 22.0. The van der Waals surface area contributed by atoms with E-state index in [1.54, 1.807) is 38.3 Å². The number of carbonyl (C=O) groups excluding carboxylic acids is 2. The first-order valence-corrected chi connectivity index (χ1v) is 14.6. The fourth-order valence-electron chi connectivity index (χ4n) is 4.73. The van der Waals surface area contributed by atoms with Crippen molar-refractivity contribution in [2.75, 3.05) is 31.0 Å². The Labute approximate surface area is 223 Å². The van der Waals surface area contributed by atoms with Crippen LogP contribution in [0.4, 0.5) is 5.69 Å². The molecule has 0 aromatic heterocycles. The molecule has 10 nitrogen and oxygen atoms in total. The number of fused-ring (bicyclic) bond motifs is 1. The molecule has 206 valence electrons. The van der Waals surface area contributed by atoms with Crippen molar-refractivity contribution in [1.29, 1.82) is 0 Å². The zero-order chi connectivity index (χ0) is 27.3. The van der Waals surface area contributed by atoms with E-state index >= 15 is 0 Å². The molecule has 2 aliphatic rings. The number of methoxy groups -OCH3 is 1. The quantitative estimate of drug-likeness (QED) is 0.488. The molecule has 1 fully saturated rings. The molecule has 0 saturated heterocycles. The lowest BCUT2D eigenvalue weighted by Crippen LogP contribution is -2.52. The Morgan fingerprint density at radius 1 is 1.05 bits per heavy atom. The molecule has 1 atom stereocenters. The predicted octanol–water partition coefficient (Wildman–Crippen LogP) is 3.06. The van der Waals surface area contributed by atoms with E-state index in [0.717, 1.165) is 48.2 Å². The van der Waals surface area contributed by atoms with Crippen LogP contribution in [-0.2, 0) is 26.2 Å². The summed E-state index contributed by atoms with van der Waals surface area (Å²) in [6.45, 7) is 1.36. The number of anilines is 1. The molecule has 11 heteroatoms. The van der Waals surface area contributed by atoms with Gasteiger partial charge in [-0.2, -0.15) is 0 Å². The minimum atomic E-state index is -3.84. The van der Waals surface area contributed by atoms with E-state index in [9.17, 15) is 18.0 Å². The molecule has 1 aliphatic carbocycles. The van der Waals surface area contributed by atoms with Crippen molar-refractivity contribution in [2.24, 2.45) is 0 Å². The molecule has 0 radical (unpaired) electrons. The van der Waals surface area contributed by atoms with Crippen LogP contribution >= 0.6 is 0 Å². The molecule has 1 aliphatic heterocycles. The van der Waals surface area contributed by atoms with Crippen LogP contribution in [0.3, 0.4) is 0 Å². The number of benzene rings is 2. The van der Waals surface area contributed by atoms with Gasteiger partial charge < -0.3 is 24.4 Å². The second-order valence-electron chi connectivity index (χ2n) is 9.70. The smallest absolute Gasteiger partial charge is 0.244 e. The molecule has 4 rings (SSSR count). The van der Waals surface area contributed by atoms with Gasteiger partial charge in [-0.15, -0.1) is 0 Å². The highest BCUT2D eigenvalue weighted by Crippen LogP contribution is 2.36. The van der Waals surface area contributed by atoms with Gasteiger partial charge >= 0.3 is 0 Å². The normalized spacial score (nSPS) is 16.0. The Hall–Kier alpha value is -3.47. The second kappa shape index (κ2) is 11.9. The van der Waals surface area contributed by atoms with Gasteiger partial charge in [0.05, 0.1) is 19.1 Å². The van der Waals surface area contributed by atoms with Gasteiger partial charge in [0.1, 0.15) is 18.3 Å². The van der Waals surface area contributed by atoms with Gasteiger partial charge in [-0.25, -0.2) is 8.42 Å². The van der Waals surface area contributed by atoms with Gasteiger partial charge in [-0.3, -0.25) is 13.9 Å². The van der Waals surface area contributed by atoms with Crippen molar-refractivity contribution in [2.45, 2.75) is 57.7 Å². The lowest BCUT2D eigenvalue weighted by atomic mass is 9.95. The van der Waals surface area contributed by atoms with E-state index in [1.165, 1.54) is 11.0 Å². The molecular formula is C27H35N3O7S. The maximum atomic E-state index is 13.7. The van der Waals surface area contributed by atoms with Crippen LogP contribution in [0.1, 0.15) is 44.6 Å². The van der Waals surface area contributed by atoms with Gasteiger partial charge in [0.2, 0.25) is 28.6 Å². The minimum Gasteiger partial charge on any atom is -0.497 e. The van der Waals surface area contributed by atoms with E-state index < -0.39 is 28.5 Å². The van der Waals surface area contributed by atoms with Crippen LogP contribution < -0.4 is 23.8 Å². The van der Waals surface area contributed by atoms with Crippen LogP contribution in [0, 0.1) is 0 Å². The monoisotopic (exact) mass is 545 g/mol. The molecule has 1 N–H and O–H groups in total. The predicted molar refractivity (Wildman–Crippen MR) is 143 cm³/mol. The summed E-state index contributed by atoms with van der Waals surface area (Å²) in [5.41, 5.74) is 1.05. The molecule has 0 spiro atoms. The molecule has 0 unspecified atom stereocenters. The lowest BCUT2D eigenvalue weighted by molar-refractivity contribution is -0.139. The summed E-state index contributed by atoms with van der Waals surface area (Å²) in [7, 11) is -2.27. The fraction of sp³-hybridized carbons (Fsp3) is 0.481. The highest BCUT2D eigenvalue weighted by molar-refractivity contribution is 7.92. The first kappa shape index (κ1) is 27.6. The summed E-state index contributed by atoms with van der Waals surface area (Å²) < 4.78 is 42.5. The first-order valence-electron chi connectivity index (χ1n) is 12.8. The van der Waals surface area contributed by atoms with Crippen LogP contribution in [-0.4, -0.2) is 63.9 Å². The summed E-state index contributed by atoms with van der Waals surface area (Å²) in [6, 6.07) is 11.2. The zero-order valence-corrected chi connectivity index (χ0v) is 22.8. The van der Waals surface area contributed by atoms with Crippen molar-refractivity contribution in [1.82, 2.24) is 10.2 Å². The van der Waals surface area contributed by atoms with Gasteiger partial charge in [-0.1, -0.05) is 31.4 Å². The summed E-state index contributed by atoms with van der Waals surface area (Å²) in [6.07, 6.45) is 6.15. The van der Waals surface area contributed by atoms with Crippen molar-refractivity contribution in [3.8, 4) is 17.2 Å². The first-order chi connectivity index (χ1) is 18.2. The summed E-state index contributed by atoms with van der Waals surface area (Å²) in [5.74, 6) is 0.810. The van der Waals surface area contributed by atoms with Crippen molar-refractivity contribution in [3.05, 3.63) is 48.0 Å². The van der Waals surface area contributed by atoms with Crippen molar-refractivity contribution >= 4 is 27.5 Å². The average Bonchev–Trinajstić information content (AvgIpc) is 3.38. The van der Waals surface area contributed by atoms with E-state index in [4.69, 9.17) is 14.2 Å². The lowest BCUT2D eigenvalue weighted by Gasteiger charge is -2.33. The van der Waals surface area contributed by atoms with Crippen LogP contribution in [0.25, 0.3) is 0 Å². The number of carbonyl (C=O) groups is 2. The second-order valence-corrected chi connectivity index (χ2v) is 11.6. The summed E-state index contributed by atoms with van der Waals surface area (Å²) >= 11 is 0. The number of nitrogens with zero attached hydrogens (tertiary/aromatic N) is 2. The van der Waals surface area contributed by atoms with E-state index in [0.29, 0.717) is 17.2 Å². The molecule has 2 aromatic rings. The Morgan fingerprint density at radius 2 is 1.74 bits per heavy atom. The Balaban J connectivity index is 1.58. The average molecular weight is 546 g/mol. The van der Waals surface area contributed by atoms with Crippen LogP contribution in [0.5, 0.6) is 17.2 Å². The molecule has 2 aromatic carbocycles. The molecular weight excluding hydrogens is 510 g/mol. The SMILES string of the molecule is COc1ccc(CN(C(=O)CN(c2ccc3c(c2)OCO3)S(C)(=O)=O)[C@H](C)C(=O)NC2CCCCC2)cc1. The highest BCUT2D eigenvalue weighted by Gasteiger charge is 2.31. The number of ether oxygens (including phenoxy) is 3. The van der Waals surface area contributed by atoms with Gasteiger partial charge in [-0.05, 0) is 49.6 Å². The maximum absolute atomic E-state index is 13.7. The molecule has 38 heavy (non-hydrogen) atoms. The number of hydrogen-bond donors (Lipinski definition) is 1. The number of sulfonamides is 1. The van der Waals surface area contributed by atoms with E-state index in [-0.39, 0.29) is 31.0 Å². The van der Waals surface area contributed by atoms with Gasteiger partial charge in [0.15, 0.2) is 11.5 Å². The third kappa shape index (κ3) is 6.69. The number of rotatable bonds is 10. The van der Waals surface area contributed by atoms with Crippen molar-refractivity contribution in [3.63, 3.8) is 0 Å². The van der Waals surface area contributed by atoms with Crippen molar-refractivity contribution < 1.29 is 32.2 Å². The number of nitrogens with one attached hydrogen (secondary N) is 1. The van der Waals surface area contributed by atoms with Crippen LogP contribution in [0.2, 0.25) is 0 Å². The maximum Gasteiger partial charge on any atom is 0.244 e. The Morgan fingerprint density at radius 3 is 2.39 bits per heavy atom. The largest absolute Gasteiger partial charge is 0.497 e. The minimum absolute atomic E-state index is 0.0415. The standard InChI is InChI=1S/C27H35N3O7S/c1-19(27(32)28-21-7-5-4-6-8-21)29(16-20-9-12-23(35-2)13-10-20)26(31)17-30(38(3,33)34)22-11-14-24-25(15-22)37-18-36-24/h9-15,19,21H,4-8,16-18H2,1-3H3,(H,28,32)/t19-/m1/s1. The third-order valence-electron chi connectivity index (χ3n) is 6.95. The molecule has 2 amide bonds.